The molecule has 0 bridgehead atoms. The van der Waals surface area contributed by atoms with Crippen LogP contribution in [0.4, 0.5) is 17.1 Å². The summed E-state index contributed by atoms with van der Waals surface area (Å²) in [5, 5.41) is 6.13. The molecule has 136 valence electrons. The number of ketones is 1. The molecule has 0 saturated heterocycles. The van der Waals surface area contributed by atoms with Gasteiger partial charge in [0.05, 0.1) is 17.4 Å². The van der Waals surface area contributed by atoms with Gasteiger partial charge < -0.3 is 10.6 Å². The Morgan fingerprint density at radius 3 is 2.33 bits per heavy atom. The second-order valence-corrected chi connectivity index (χ2v) is 6.42. The second kappa shape index (κ2) is 7.83. The van der Waals surface area contributed by atoms with Crippen LogP contribution >= 0.6 is 0 Å². The van der Waals surface area contributed by atoms with Crippen LogP contribution < -0.4 is 10.6 Å². The first-order valence-electron chi connectivity index (χ1n) is 8.64. The molecule has 0 radical (unpaired) electrons. The minimum atomic E-state index is -0.261. The summed E-state index contributed by atoms with van der Waals surface area (Å²) >= 11 is 0. The van der Waals surface area contributed by atoms with E-state index in [2.05, 4.69) is 28.6 Å². The van der Waals surface area contributed by atoms with E-state index in [0.717, 1.165) is 16.9 Å². The third kappa shape index (κ3) is 4.39. The predicted molar refractivity (Wildman–Crippen MR) is 108 cm³/mol. The Morgan fingerprint density at radius 2 is 1.63 bits per heavy atom. The van der Waals surface area contributed by atoms with Crippen molar-refractivity contribution >= 4 is 28.8 Å². The molecule has 0 saturated carbocycles. The van der Waals surface area contributed by atoms with Gasteiger partial charge in [0.15, 0.2) is 5.78 Å². The lowest BCUT2D eigenvalue weighted by molar-refractivity contribution is 0.101. The number of carbonyl (C=O) groups is 2. The predicted octanol–water partition coefficient (Wildman–Crippen LogP) is 4.90. The van der Waals surface area contributed by atoms with Crippen molar-refractivity contribution in [2.24, 2.45) is 0 Å². The van der Waals surface area contributed by atoms with Crippen molar-refractivity contribution in [2.45, 2.75) is 20.8 Å². The summed E-state index contributed by atoms with van der Waals surface area (Å²) in [6.45, 7) is 5.61. The Bertz CT molecular complexity index is 995. The van der Waals surface area contributed by atoms with Crippen molar-refractivity contribution in [1.82, 2.24) is 4.98 Å². The van der Waals surface area contributed by atoms with Crippen molar-refractivity contribution < 1.29 is 9.59 Å². The Morgan fingerprint density at radius 1 is 0.889 bits per heavy atom. The smallest absolute Gasteiger partial charge is 0.257 e. The Kier molecular flexibility index (Phi) is 5.31. The van der Waals surface area contributed by atoms with E-state index in [0.29, 0.717) is 16.8 Å². The van der Waals surface area contributed by atoms with Gasteiger partial charge in [0.1, 0.15) is 0 Å². The molecule has 0 aliphatic carbocycles. The van der Waals surface area contributed by atoms with E-state index in [9.17, 15) is 9.59 Å². The van der Waals surface area contributed by atoms with Crippen LogP contribution in [-0.2, 0) is 0 Å². The number of hydrogen-bond donors (Lipinski definition) is 2. The van der Waals surface area contributed by atoms with Gasteiger partial charge in [-0.1, -0.05) is 12.1 Å². The molecule has 2 aromatic carbocycles. The molecule has 2 N–H and O–H groups in total. The Balaban J connectivity index is 1.75. The molecule has 0 aliphatic rings. The zero-order valence-electron chi connectivity index (χ0n) is 15.5. The van der Waals surface area contributed by atoms with Gasteiger partial charge in [0, 0.05) is 23.1 Å². The first kappa shape index (κ1) is 18.3. The number of Topliss-reactive ketones (excluding diaryl/α,β-unsaturated/α-hetero) is 1. The summed E-state index contributed by atoms with van der Waals surface area (Å²) in [5.41, 5.74) is 5.74. The van der Waals surface area contributed by atoms with E-state index in [4.69, 9.17) is 0 Å². The lowest BCUT2D eigenvalue weighted by Gasteiger charge is -2.12. The van der Waals surface area contributed by atoms with E-state index in [-0.39, 0.29) is 11.7 Å². The van der Waals surface area contributed by atoms with Crippen LogP contribution in [-0.4, -0.2) is 16.7 Å². The van der Waals surface area contributed by atoms with Gasteiger partial charge in [0.2, 0.25) is 0 Å². The summed E-state index contributed by atoms with van der Waals surface area (Å²) in [6, 6.07) is 14.6. The SMILES string of the molecule is CC(=O)c1ccc(NC(=O)c2cncc(Nc3cccc(C)c3C)c2)cc1. The number of aromatic nitrogens is 1. The number of pyridine rings is 1. The molecular weight excluding hydrogens is 338 g/mol. The minimum absolute atomic E-state index is 0.0118. The standard InChI is InChI=1S/C22H21N3O2/c1-14-5-4-6-21(15(14)2)24-20-11-18(12-23-13-20)22(27)25-19-9-7-17(8-10-19)16(3)26/h4-13,24H,1-3H3,(H,25,27). The average Bonchev–Trinajstić information content (AvgIpc) is 2.66. The highest BCUT2D eigenvalue weighted by Gasteiger charge is 2.09. The fourth-order valence-corrected chi connectivity index (χ4v) is 2.67. The van der Waals surface area contributed by atoms with Gasteiger partial charge in [-0.15, -0.1) is 0 Å². The number of nitrogens with one attached hydrogen (secondary N) is 2. The lowest BCUT2D eigenvalue weighted by Crippen LogP contribution is -2.12. The third-order valence-corrected chi connectivity index (χ3v) is 4.43. The van der Waals surface area contributed by atoms with Crippen LogP contribution in [0, 0.1) is 13.8 Å². The van der Waals surface area contributed by atoms with Gasteiger partial charge in [-0.25, -0.2) is 0 Å². The van der Waals surface area contributed by atoms with E-state index in [1.165, 1.54) is 18.7 Å². The van der Waals surface area contributed by atoms with Crippen molar-refractivity contribution in [1.29, 1.82) is 0 Å². The maximum Gasteiger partial charge on any atom is 0.257 e. The van der Waals surface area contributed by atoms with Gasteiger partial charge >= 0.3 is 0 Å². The van der Waals surface area contributed by atoms with Crippen LogP contribution in [0.1, 0.15) is 38.8 Å². The normalized spacial score (nSPS) is 10.3. The maximum atomic E-state index is 12.5. The summed E-state index contributed by atoms with van der Waals surface area (Å²) < 4.78 is 0. The van der Waals surface area contributed by atoms with Crippen molar-refractivity contribution in [2.75, 3.05) is 10.6 Å². The van der Waals surface area contributed by atoms with Crippen LogP contribution in [0.5, 0.6) is 0 Å². The molecule has 0 atom stereocenters. The summed E-state index contributed by atoms with van der Waals surface area (Å²) in [4.78, 5) is 28.0. The second-order valence-electron chi connectivity index (χ2n) is 6.42. The number of rotatable bonds is 5. The van der Waals surface area contributed by atoms with Crippen LogP contribution in [0.25, 0.3) is 0 Å². The monoisotopic (exact) mass is 359 g/mol. The number of nitrogens with zero attached hydrogens (tertiary/aromatic N) is 1. The fraction of sp³-hybridized carbons (Fsp3) is 0.136. The molecule has 3 rings (SSSR count). The van der Waals surface area contributed by atoms with E-state index in [1.807, 2.05) is 19.1 Å². The quantitative estimate of drug-likeness (QED) is 0.636. The molecule has 1 aromatic heterocycles. The number of carbonyl (C=O) groups excluding carboxylic acids is 2. The van der Waals surface area contributed by atoms with Gasteiger partial charge in [0.25, 0.3) is 5.91 Å². The van der Waals surface area contributed by atoms with Gasteiger partial charge in [-0.3, -0.25) is 14.6 Å². The maximum absolute atomic E-state index is 12.5. The zero-order valence-corrected chi connectivity index (χ0v) is 15.5. The Hall–Kier alpha value is -3.47. The first-order chi connectivity index (χ1) is 12.9. The molecule has 0 spiro atoms. The van der Waals surface area contributed by atoms with Gasteiger partial charge in [-0.05, 0) is 68.3 Å². The summed E-state index contributed by atoms with van der Waals surface area (Å²) in [5.74, 6) is -0.273. The van der Waals surface area contributed by atoms with Crippen LogP contribution in [0.3, 0.4) is 0 Å². The minimum Gasteiger partial charge on any atom is -0.354 e. The van der Waals surface area contributed by atoms with Crippen molar-refractivity contribution in [3.8, 4) is 0 Å². The number of benzene rings is 2. The zero-order chi connectivity index (χ0) is 19.4. The lowest BCUT2D eigenvalue weighted by atomic mass is 10.1. The van der Waals surface area contributed by atoms with Crippen molar-refractivity contribution in [3.05, 3.63) is 83.2 Å². The largest absolute Gasteiger partial charge is 0.354 e. The molecule has 0 aliphatic heterocycles. The summed E-state index contributed by atoms with van der Waals surface area (Å²) in [6.07, 6.45) is 3.20. The molecule has 5 nitrogen and oxygen atoms in total. The van der Waals surface area contributed by atoms with Crippen LogP contribution in [0.15, 0.2) is 60.9 Å². The molecule has 1 amide bonds. The van der Waals surface area contributed by atoms with E-state index < -0.39 is 0 Å². The highest BCUT2D eigenvalue weighted by atomic mass is 16.1. The Labute approximate surface area is 158 Å². The first-order valence-corrected chi connectivity index (χ1v) is 8.64. The molecule has 0 fully saturated rings. The van der Waals surface area contributed by atoms with Crippen molar-refractivity contribution in [3.63, 3.8) is 0 Å². The highest BCUT2D eigenvalue weighted by Crippen LogP contribution is 2.23. The molecule has 0 unspecified atom stereocenters. The van der Waals surface area contributed by atoms with E-state index >= 15 is 0 Å². The average molecular weight is 359 g/mol. The number of amides is 1. The fourth-order valence-electron chi connectivity index (χ4n) is 2.67. The number of hydrogen-bond acceptors (Lipinski definition) is 4. The molecular formula is C22H21N3O2. The number of anilines is 3. The highest BCUT2D eigenvalue weighted by molar-refractivity contribution is 6.05. The molecule has 27 heavy (non-hydrogen) atoms. The summed E-state index contributed by atoms with van der Waals surface area (Å²) in [7, 11) is 0. The third-order valence-electron chi connectivity index (χ3n) is 4.43. The molecule has 3 aromatic rings. The molecule has 5 heteroatoms. The number of aryl methyl sites for hydroxylation is 1. The molecule has 1 heterocycles. The topological polar surface area (TPSA) is 71.1 Å². The van der Waals surface area contributed by atoms with Gasteiger partial charge in [-0.2, -0.15) is 0 Å². The van der Waals surface area contributed by atoms with Crippen LogP contribution in [0.2, 0.25) is 0 Å². The van der Waals surface area contributed by atoms with E-state index in [1.54, 1.807) is 36.5 Å².